The first-order valence-corrected chi connectivity index (χ1v) is 5.43. The standard InChI is InChI=1S/C12H15FN2O/c13-10-3-1-2-8(4-10)11-7-15-12(16)5-9(11)6-14/h1-4,9,11H,5-7,14H2,(H,15,16). The summed E-state index contributed by atoms with van der Waals surface area (Å²) in [6, 6.07) is 6.51. The zero-order chi connectivity index (χ0) is 11.5. The molecule has 0 radical (unpaired) electrons. The molecule has 86 valence electrons. The predicted octanol–water partition coefficient (Wildman–Crippen LogP) is 1.00. The fraction of sp³-hybridized carbons (Fsp3) is 0.417. The van der Waals surface area contributed by atoms with E-state index < -0.39 is 0 Å². The van der Waals surface area contributed by atoms with Crippen LogP contribution in [0, 0.1) is 11.7 Å². The van der Waals surface area contributed by atoms with Crippen LogP contribution in [0.5, 0.6) is 0 Å². The Morgan fingerprint density at radius 1 is 1.50 bits per heavy atom. The molecule has 1 heterocycles. The summed E-state index contributed by atoms with van der Waals surface area (Å²) in [5.74, 6) is 0.0159. The van der Waals surface area contributed by atoms with E-state index in [1.807, 2.05) is 6.07 Å². The average molecular weight is 222 g/mol. The van der Waals surface area contributed by atoms with Gasteiger partial charge in [0.15, 0.2) is 0 Å². The van der Waals surface area contributed by atoms with E-state index in [0.29, 0.717) is 19.5 Å². The van der Waals surface area contributed by atoms with Gasteiger partial charge >= 0.3 is 0 Å². The molecular formula is C12H15FN2O. The number of halogens is 1. The number of hydrogen-bond acceptors (Lipinski definition) is 2. The van der Waals surface area contributed by atoms with Gasteiger partial charge in [-0.3, -0.25) is 4.79 Å². The van der Waals surface area contributed by atoms with Gasteiger partial charge in [-0.2, -0.15) is 0 Å². The van der Waals surface area contributed by atoms with Crippen molar-refractivity contribution in [2.75, 3.05) is 13.1 Å². The van der Waals surface area contributed by atoms with Crippen LogP contribution in [-0.2, 0) is 4.79 Å². The number of nitrogens with two attached hydrogens (primary N) is 1. The van der Waals surface area contributed by atoms with Gasteiger partial charge in [-0.05, 0) is 30.2 Å². The van der Waals surface area contributed by atoms with Gasteiger partial charge < -0.3 is 11.1 Å². The molecule has 2 rings (SSSR count). The Hall–Kier alpha value is -1.42. The van der Waals surface area contributed by atoms with Crippen molar-refractivity contribution in [2.24, 2.45) is 11.7 Å². The molecule has 16 heavy (non-hydrogen) atoms. The lowest BCUT2D eigenvalue weighted by atomic mass is 9.81. The Morgan fingerprint density at radius 2 is 2.31 bits per heavy atom. The highest BCUT2D eigenvalue weighted by Crippen LogP contribution is 2.29. The van der Waals surface area contributed by atoms with Gasteiger partial charge in [-0.1, -0.05) is 12.1 Å². The second-order valence-corrected chi connectivity index (χ2v) is 4.17. The van der Waals surface area contributed by atoms with E-state index >= 15 is 0 Å². The van der Waals surface area contributed by atoms with Gasteiger partial charge in [-0.15, -0.1) is 0 Å². The van der Waals surface area contributed by atoms with Crippen LogP contribution in [0.4, 0.5) is 4.39 Å². The van der Waals surface area contributed by atoms with Crippen LogP contribution in [0.25, 0.3) is 0 Å². The number of amides is 1. The molecule has 1 aliphatic rings. The fourth-order valence-electron chi connectivity index (χ4n) is 2.22. The van der Waals surface area contributed by atoms with Gasteiger partial charge in [0.25, 0.3) is 0 Å². The third-order valence-corrected chi connectivity index (χ3v) is 3.12. The highest BCUT2D eigenvalue weighted by molar-refractivity contribution is 5.77. The predicted molar refractivity (Wildman–Crippen MR) is 59.3 cm³/mol. The molecular weight excluding hydrogens is 207 g/mol. The molecule has 1 aliphatic heterocycles. The lowest BCUT2D eigenvalue weighted by Crippen LogP contribution is -2.42. The van der Waals surface area contributed by atoms with E-state index in [1.54, 1.807) is 6.07 Å². The van der Waals surface area contributed by atoms with Crippen LogP contribution < -0.4 is 11.1 Å². The maximum absolute atomic E-state index is 13.1. The molecule has 0 aromatic heterocycles. The summed E-state index contributed by atoms with van der Waals surface area (Å²) in [5, 5.41) is 2.80. The number of nitrogens with one attached hydrogen (secondary N) is 1. The van der Waals surface area contributed by atoms with E-state index in [1.165, 1.54) is 12.1 Å². The van der Waals surface area contributed by atoms with Crippen molar-refractivity contribution in [3.8, 4) is 0 Å². The SMILES string of the molecule is NCC1CC(=O)NCC1c1cccc(F)c1. The Kier molecular flexibility index (Phi) is 3.19. The summed E-state index contributed by atoms with van der Waals surface area (Å²) in [6.45, 7) is 0.999. The first kappa shape index (κ1) is 11.1. The minimum absolute atomic E-state index is 0.0307. The molecule has 0 aliphatic carbocycles. The van der Waals surface area contributed by atoms with E-state index in [0.717, 1.165) is 5.56 Å². The van der Waals surface area contributed by atoms with Crippen LogP contribution >= 0.6 is 0 Å². The normalized spacial score (nSPS) is 25.2. The zero-order valence-electron chi connectivity index (χ0n) is 8.95. The maximum Gasteiger partial charge on any atom is 0.220 e. The molecule has 1 fully saturated rings. The summed E-state index contributed by atoms with van der Waals surface area (Å²) in [5.41, 5.74) is 6.57. The average Bonchev–Trinajstić information content (AvgIpc) is 2.28. The Balaban J connectivity index is 2.22. The molecule has 2 unspecified atom stereocenters. The molecule has 3 N–H and O–H groups in total. The van der Waals surface area contributed by atoms with Crippen LogP contribution in [0.3, 0.4) is 0 Å². The first-order valence-electron chi connectivity index (χ1n) is 5.43. The number of piperidine rings is 1. The summed E-state index contributed by atoms with van der Waals surface area (Å²) in [4.78, 5) is 11.2. The van der Waals surface area contributed by atoms with Gasteiger partial charge in [0.05, 0.1) is 0 Å². The van der Waals surface area contributed by atoms with Crippen molar-refractivity contribution >= 4 is 5.91 Å². The summed E-state index contributed by atoms with van der Waals surface area (Å²) in [6.07, 6.45) is 0.428. The first-order chi connectivity index (χ1) is 7.70. The minimum Gasteiger partial charge on any atom is -0.355 e. The van der Waals surface area contributed by atoms with Crippen LogP contribution in [0.15, 0.2) is 24.3 Å². The van der Waals surface area contributed by atoms with E-state index in [9.17, 15) is 9.18 Å². The highest BCUT2D eigenvalue weighted by atomic mass is 19.1. The molecule has 0 spiro atoms. The summed E-state index contributed by atoms with van der Waals surface area (Å²) >= 11 is 0. The third-order valence-electron chi connectivity index (χ3n) is 3.12. The van der Waals surface area contributed by atoms with Crippen molar-refractivity contribution in [3.63, 3.8) is 0 Å². The number of benzene rings is 1. The van der Waals surface area contributed by atoms with Gasteiger partial charge in [0.2, 0.25) is 5.91 Å². The molecule has 0 bridgehead atoms. The quantitative estimate of drug-likeness (QED) is 0.784. The Bertz CT molecular complexity index is 394. The van der Waals surface area contributed by atoms with Gasteiger partial charge in [-0.25, -0.2) is 4.39 Å². The number of carbonyl (C=O) groups is 1. The van der Waals surface area contributed by atoms with Crippen molar-refractivity contribution in [2.45, 2.75) is 12.3 Å². The van der Waals surface area contributed by atoms with Gasteiger partial charge in [0.1, 0.15) is 5.82 Å². The molecule has 3 nitrogen and oxygen atoms in total. The topological polar surface area (TPSA) is 55.1 Å². The number of carbonyl (C=O) groups excluding carboxylic acids is 1. The lowest BCUT2D eigenvalue weighted by molar-refractivity contribution is -0.123. The zero-order valence-corrected chi connectivity index (χ0v) is 8.95. The Labute approximate surface area is 93.8 Å². The molecule has 1 amide bonds. The molecule has 2 atom stereocenters. The van der Waals surface area contributed by atoms with Crippen molar-refractivity contribution in [1.82, 2.24) is 5.32 Å². The highest BCUT2D eigenvalue weighted by Gasteiger charge is 2.29. The maximum atomic E-state index is 13.1. The van der Waals surface area contributed by atoms with Crippen molar-refractivity contribution < 1.29 is 9.18 Å². The van der Waals surface area contributed by atoms with E-state index in [-0.39, 0.29) is 23.6 Å². The third kappa shape index (κ3) is 2.22. The largest absolute Gasteiger partial charge is 0.355 e. The second-order valence-electron chi connectivity index (χ2n) is 4.17. The lowest BCUT2D eigenvalue weighted by Gasteiger charge is -2.31. The molecule has 1 aromatic carbocycles. The van der Waals surface area contributed by atoms with Crippen LogP contribution in [0.1, 0.15) is 17.9 Å². The number of hydrogen-bond donors (Lipinski definition) is 2. The monoisotopic (exact) mass is 222 g/mol. The smallest absolute Gasteiger partial charge is 0.220 e. The van der Waals surface area contributed by atoms with Crippen LogP contribution in [0.2, 0.25) is 0 Å². The van der Waals surface area contributed by atoms with Crippen molar-refractivity contribution in [3.05, 3.63) is 35.6 Å². The minimum atomic E-state index is -0.245. The van der Waals surface area contributed by atoms with Crippen LogP contribution in [-0.4, -0.2) is 19.0 Å². The Morgan fingerprint density at radius 3 is 3.00 bits per heavy atom. The molecule has 0 saturated carbocycles. The molecule has 1 saturated heterocycles. The second kappa shape index (κ2) is 4.61. The van der Waals surface area contributed by atoms with E-state index in [4.69, 9.17) is 5.73 Å². The van der Waals surface area contributed by atoms with Gasteiger partial charge in [0, 0.05) is 18.9 Å². The van der Waals surface area contributed by atoms with Crippen molar-refractivity contribution in [1.29, 1.82) is 0 Å². The summed E-state index contributed by atoms with van der Waals surface area (Å²) < 4.78 is 13.1. The number of rotatable bonds is 2. The fourth-order valence-corrected chi connectivity index (χ4v) is 2.22. The molecule has 4 heteroatoms. The van der Waals surface area contributed by atoms with E-state index in [2.05, 4.69) is 5.32 Å². The summed E-state index contributed by atoms with van der Waals surface area (Å²) in [7, 11) is 0. The molecule has 1 aromatic rings.